The summed E-state index contributed by atoms with van der Waals surface area (Å²) < 4.78 is 14.0. The molecule has 0 aliphatic carbocycles. The Morgan fingerprint density at radius 2 is 2.20 bits per heavy atom. The molecule has 20 heavy (non-hydrogen) atoms. The second-order valence-electron chi connectivity index (χ2n) is 5.39. The predicted octanol–water partition coefficient (Wildman–Crippen LogP) is 3.23. The van der Waals surface area contributed by atoms with Crippen LogP contribution in [0, 0.1) is 11.2 Å². The maximum absolute atomic E-state index is 13.1. The van der Waals surface area contributed by atoms with Gasteiger partial charge in [-0.3, -0.25) is 0 Å². The fraction of sp³-hybridized carbons (Fsp3) is 0.500. The van der Waals surface area contributed by atoms with Crippen LogP contribution in [0.2, 0.25) is 0 Å². The van der Waals surface area contributed by atoms with Gasteiger partial charge in [0.25, 0.3) is 0 Å². The molecule has 0 amide bonds. The van der Waals surface area contributed by atoms with Crippen LogP contribution >= 0.6 is 15.9 Å². The minimum Gasteiger partial charge on any atom is -0.409 e. The number of benzene rings is 1. The van der Waals surface area contributed by atoms with Crippen molar-refractivity contribution in [2.45, 2.75) is 33.2 Å². The Morgan fingerprint density at radius 3 is 2.85 bits per heavy atom. The smallest absolute Gasteiger partial charge is 0.144 e. The molecule has 0 aromatic heterocycles. The quantitative estimate of drug-likeness (QED) is 0.233. The van der Waals surface area contributed by atoms with Gasteiger partial charge in [0.05, 0.1) is 0 Å². The van der Waals surface area contributed by atoms with Crippen LogP contribution in [0.5, 0.6) is 0 Å². The Kier molecular flexibility index (Phi) is 6.42. The molecule has 0 radical (unpaired) electrons. The lowest BCUT2D eigenvalue weighted by Crippen LogP contribution is -2.32. The van der Waals surface area contributed by atoms with Crippen molar-refractivity contribution in [2.24, 2.45) is 16.3 Å². The highest BCUT2D eigenvalue weighted by molar-refractivity contribution is 9.10. The normalized spacial score (nSPS) is 12.7. The fourth-order valence-corrected chi connectivity index (χ4v) is 2.21. The summed E-state index contributed by atoms with van der Waals surface area (Å²) in [6.45, 7) is 5.25. The van der Waals surface area contributed by atoms with E-state index in [1.54, 1.807) is 6.07 Å². The number of rotatable bonds is 7. The van der Waals surface area contributed by atoms with E-state index in [4.69, 9.17) is 10.9 Å². The maximum Gasteiger partial charge on any atom is 0.144 e. The van der Waals surface area contributed by atoms with E-state index in [2.05, 4.69) is 26.4 Å². The lowest BCUT2D eigenvalue weighted by molar-refractivity contribution is 0.304. The van der Waals surface area contributed by atoms with E-state index in [-0.39, 0.29) is 17.1 Å². The summed E-state index contributed by atoms with van der Waals surface area (Å²) >= 11 is 3.39. The molecule has 0 bridgehead atoms. The fourth-order valence-electron chi connectivity index (χ4n) is 1.82. The number of nitrogens with two attached hydrogens (primary N) is 1. The average Bonchev–Trinajstić information content (AvgIpc) is 2.41. The van der Waals surface area contributed by atoms with E-state index in [9.17, 15) is 4.39 Å². The molecule has 0 saturated carbocycles. The number of halogens is 2. The molecule has 1 aromatic rings. The minimum absolute atomic E-state index is 0.238. The van der Waals surface area contributed by atoms with E-state index >= 15 is 0 Å². The molecule has 4 nitrogen and oxygen atoms in total. The zero-order valence-corrected chi connectivity index (χ0v) is 13.4. The van der Waals surface area contributed by atoms with E-state index in [0.29, 0.717) is 6.54 Å². The molecule has 1 rings (SSSR count). The van der Waals surface area contributed by atoms with Crippen molar-refractivity contribution in [2.75, 3.05) is 6.54 Å². The molecule has 112 valence electrons. The highest BCUT2D eigenvalue weighted by Crippen LogP contribution is 2.22. The van der Waals surface area contributed by atoms with Gasteiger partial charge in [-0.15, -0.1) is 0 Å². The first kappa shape index (κ1) is 16.9. The van der Waals surface area contributed by atoms with Crippen molar-refractivity contribution in [3.8, 4) is 0 Å². The van der Waals surface area contributed by atoms with E-state index in [1.807, 2.05) is 13.8 Å². The topological polar surface area (TPSA) is 70.6 Å². The molecule has 0 atom stereocenters. The lowest BCUT2D eigenvalue weighted by Gasteiger charge is -2.22. The lowest BCUT2D eigenvalue weighted by atomic mass is 9.86. The van der Waals surface area contributed by atoms with Gasteiger partial charge in [-0.25, -0.2) is 4.39 Å². The van der Waals surface area contributed by atoms with Crippen LogP contribution in [-0.4, -0.2) is 17.6 Å². The monoisotopic (exact) mass is 345 g/mol. The minimum atomic E-state index is -0.324. The molecule has 0 unspecified atom stereocenters. The van der Waals surface area contributed by atoms with Crippen molar-refractivity contribution in [3.63, 3.8) is 0 Å². The number of nitrogens with zero attached hydrogens (tertiary/aromatic N) is 1. The number of oxime groups is 1. The third-order valence-corrected chi connectivity index (χ3v) is 4.05. The first-order valence-electron chi connectivity index (χ1n) is 6.49. The molecular formula is C14H21BrFN3O. The SMILES string of the molecule is CC(C)(CCCNCc1cc(F)ccc1Br)C(N)=NO. The zero-order valence-electron chi connectivity index (χ0n) is 11.8. The second kappa shape index (κ2) is 7.59. The van der Waals surface area contributed by atoms with E-state index in [1.165, 1.54) is 12.1 Å². The predicted molar refractivity (Wildman–Crippen MR) is 82.2 cm³/mol. The van der Waals surface area contributed by atoms with Crippen molar-refractivity contribution in [1.29, 1.82) is 0 Å². The molecule has 0 aliphatic heterocycles. The van der Waals surface area contributed by atoms with Crippen LogP contribution in [0.1, 0.15) is 32.3 Å². The van der Waals surface area contributed by atoms with Crippen molar-refractivity contribution >= 4 is 21.8 Å². The molecule has 0 saturated heterocycles. The van der Waals surface area contributed by atoms with Crippen molar-refractivity contribution in [1.82, 2.24) is 5.32 Å². The summed E-state index contributed by atoms with van der Waals surface area (Å²) in [6, 6.07) is 4.64. The summed E-state index contributed by atoms with van der Waals surface area (Å²) in [5, 5.41) is 15.0. The summed E-state index contributed by atoms with van der Waals surface area (Å²) in [5.74, 6) is 0.00318. The first-order valence-corrected chi connectivity index (χ1v) is 7.29. The van der Waals surface area contributed by atoms with Crippen LogP contribution in [0.25, 0.3) is 0 Å². The summed E-state index contributed by atoms with van der Waals surface area (Å²) in [5.41, 5.74) is 6.19. The Bertz CT molecular complexity index is 477. The Balaban J connectivity index is 2.34. The molecule has 0 heterocycles. The van der Waals surface area contributed by atoms with Gasteiger partial charge in [-0.05, 0) is 43.1 Å². The van der Waals surface area contributed by atoms with Gasteiger partial charge in [-0.1, -0.05) is 34.9 Å². The molecule has 1 aromatic carbocycles. The van der Waals surface area contributed by atoms with E-state index < -0.39 is 0 Å². The van der Waals surface area contributed by atoms with Crippen LogP contribution in [0.15, 0.2) is 27.8 Å². The largest absolute Gasteiger partial charge is 0.409 e. The van der Waals surface area contributed by atoms with Crippen LogP contribution < -0.4 is 11.1 Å². The Hall–Kier alpha value is -1.14. The summed E-state index contributed by atoms with van der Waals surface area (Å²) in [7, 11) is 0. The zero-order chi connectivity index (χ0) is 15.2. The van der Waals surface area contributed by atoms with Gasteiger partial charge in [0.1, 0.15) is 11.7 Å². The molecular weight excluding hydrogens is 325 g/mol. The highest BCUT2D eigenvalue weighted by Gasteiger charge is 2.22. The molecule has 0 aliphatic rings. The highest BCUT2D eigenvalue weighted by atomic mass is 79.9. The molecule has 6 heteroatoms. The maximum atomic E-state index is 13.1. The number of amidine groups is 1. The first-order chi connectivity index (χ1) is 9.36. The average molecular weight is 346 g/mol. The van der Waals surface area contributed by atoms with Gasteiger partial charge in [-0.2, -0.15) is 0 Å². The third-order valence-electron chi connectivity index (χ3n) is 3.28. The van der Waals surface area contributed by atoms with Crippen LogP contribution in [-0.2, 0) is 6.54 Å². The molecule has 0 spiro atoms. The standard InChI is InChI=1S/C14H21BrFN3O/c1-14(2,13(17)19-20)6-3-7-18-9-10-8-11(16)4-5-12(10)15/h4-5,8,18,20H,3,6-7,9H2,1-2H3,(H2,17,19). The number of hydrogen-bond acceptors (Lipinski definition) is 3. The summed E-state index contributed by atoms with van der Waals surface area (Å²) in [4.78, 5) is 0. The van der Waals surface area contributed by atoms with Gasteiger partial charge < -0.3 is 16.3 Å². The van der Waals surface area contributed by atoms with Crippen LogP contribution in [0.3, 0.4) is 0 Å². The van der Waals surface area contributed by atoms with Gasteiger partial charge in [0.15, 0.2) is 0 Å². The second-order valence-corrected chi connectivity index (χ2v) is 6.24. The number of hydrogen-bond donors (Lipinski definition) is 3. The third kappa shape index (κ3) is 5.09. The van der Waals surface area contributed by atoms with Crippen molar-refractivity contribution < 1.29 is 9.60 Å². The van der Waals surface area contributed by atoms with Crippen LogP contribution in [0.4, 0.5) is 4.39 Å². The molecule has 4 N–H and O–H groups in total. The Labute approximate surface area is 127 Å². The molecule has 0 fully saturated rings. The summed E-state index contributed by atoms with van der Waals surface area (Å²) in [6.07, 6.45) is 1.69. The van der Waals surface area contributed by atoms with Gasteiger partial charge >= 0.3 is 0 Å². The van der Waals surface area contributed by atoms with E-state index in [0.717, 1.165) is 29.4 Å². The van der Waals surface area contributed by atoms with Gasteiger partial charge in [0, 0.05) is 16.4 Å². The number of nitrogens with one attached hydrogen (secondary N) is 1. The van der Waals surface area contributed by atoms with Crippen molar-refractivity contribution in [3.05, 3.63) is 34.1 Å². The Morgan fingerprint density at radius 1 is 1.50 bits per heavy atom. The van der Waals surface area contributed by atoms with Gasteiger partial charge in [0.2, 0.25) is 0 Å².